The normalized spacial score (nSPS) is 18.6. The van der Waals surface area contributed by atoms with Crippen molar-refractivity contribution in [3.8, 4) is 0 Å². The van der Waals surface area contributed by atoms with Crippen molar-refractivity contribution in [3.63, 3.8) is 0 Å². The van der Waals surface area contributed by atoms with Gasteiger partial charge in [-0.3, -0.25) is 4.79 Å². The molecule has 0 saturated carbocycles. The van der Waals surface area contributed by atoms with Gasteiger partial charge < -0.3 is 5.21 Å². The van der Waals surface area contributed by atoms with Gasteiger partial charge in [-0.25, -0.2) is 0 Å². The van der Waals surface area contributed by atoms with Crippen LogP contribution in [0.3, 0.4) is 0 Å². The predicted molar refractivity (Wildman–Crippen MR) is 61.8 cm³/mol. The fraction of sp³-hybridized carbons (Fsp3) is 0.462. The van der Waals surface area contributed by atoms with E-state index < -0.39 is 0 Å². The summed E-state index contributed by atoms with van der Waals surface area (Å²) in [6, 6.07) is 7.86. The lowest BCUT2D eigenvalue weighted by molar-refractivity contribution is -0.106. The Balaban J connectivity index is 2.07. The van der Waals surface area contributed by atoms with E-state index >= 15 is 0 Å². The Morgan fingerprint density at radius 2 is 1.81 bits per heavy atom. The van der Waals surface area contributed by atoms with Crippen molar-refractivity contribution in [2.45, 2.75) is 25.7 Å². The Labute approximate surface area is 95.6 Å². The third kappa shape index (κ3) is 2.49. The summed E-state index contributed by atoms with van der Waals surface area (Å²) in [5, 5.41) is 10.7. The van der Waals surface area contributed by atoms with Gasteiger partial charge >= 0.3 is 0 Å². The molecule has 86 valence electrons. The molecule has 1 heterocycles. The first-order chi connectivity index (χ1) is 7.66. The number of benzene rings is 1. The van der Waals surface area contributed by atoms with Crippen LogP contribution in [0.4, 0.5) is 0 Å². The molecular weight excluding hydrogens is 202 g/mol. The first-order valence-corrected chi connectivity index (χ1v) is 5.71. The maximum absolute atomic E-state index is 11.1. The van der Waals surface area contributed by atoms with E-state index in [4.69, 9.17) is 0 Å². The van der Waals surface area contributed by atoms with Crippen LogP contribution in [0, 0.1) is 0 Å². The lowest BCUT2D eigenvalue weighted by Crippen LogP contribution is -2.29. The minimum absolute atomic E-state index is 0.108. The van der Waals surface area contributed by atoms with E-state index in [0.717, 1.165) is 31.5 Å². The van der Waals surface area contributed by atoms with Gasteiger partial charge in [0.05, 0.1) is 0 Å². The molecule has 1 aliphatic heterocycles. The van der Waals surface area contributed by atoms with Gasteiger partial charge in [-0.2, -0.15) is 5.06 Å². The Hall–Kier alpha value is -1.19. The molecule has 0 spiro atoms. The number of nitrogens with zero attached hydrogens (tertiary/aromatic N) is 1. The van der Waals surface area contributed by atoms with E-state index in [1.165, 1.54) is 10.6 Å². The van der Waals surface area contributed by atoms with Gasteiger partial charge in [-0.1, -0.05) is 24.3 Å². The van der Waals surface area contributed by atoms with Crippen molar-refractivity contribution >= 4 is 5.78 Å². The molecule has 0 atom stereocenters. The fourth-order valence-electron chi connectivity index (χ4n) is 2.19. The number of ketones is 1. The molecule has 2 rings (SSSR count). The molecule has 0 bridgehead atoms. The first kappa shape index (κ1) is 11.3. The van der Waals surface area contributed by atoms with Crippen molar-refractivity contribution in [2.24, 2.45) is 0 Å². The fourth-order valence-corrected chi connectivity index (χ4v) is 2.19. The molecule has 1 fully saturated rings. The van der Waals surface area contributed by atoms with Gasteiger partial charge in [0.2, 0.25) is 0 Å². The number of hydrogen-bond donors (Lipinski definition) is 1. The van der Waals surface area contributed by atoms with E-state index in [-0.39, 0.29) is 5.78 Å². The van der Waals surface area contributed by atoms with Crippen molar-refractivity contribution in [3.05, 3.63) is 35.4 Å². The summed E-state index contributed by atoms with van der Waals surface area (Å²) in [7, 11) is 0. The van der Waals surface area contributed by atoms with Gasteiger partial charge in [-0.15, -0.1) is 0 Å². The topological polar surface area (TPSA) is 40.5 Å². The molecule has 0 unspecified atom stereocenters. The molecule has 1 saturated heterocycles. The summed E-state index contributed by atoms with van der Waals surface area (Å²) in [4.78, 5) is 11.1. The zero-order valence-electron chi connectivity index (χ0n) is 9.52. The van der Waals surface area contributed by atoms with E-state index in [0.29, 0.717) is 5.92 Å². The minimum Gasteiger partial charge on any atom is -0.314 e. The van der Waals surface area contributed by atoms with Crippen LogP contribution in [0.15, 0.2) is 24.3 Å². The summed E-state index contributed by atoms with van der Waals surface area (Å²) in [6.07, 6.45) is 1.96. The quantitative estimate of drug-likeness (QED) is 0.777. The maximum atomic E-state index is 11.1. The highest BCUT2D eigenvalue weighted by Crippen LogP contribution is 2.27. The summed E-state index contributed by atoms with van der Waals surface area (Å²) < 4.78 is 0. The number of carbonyl (C=O) groups excluding carboxylic acids is 1. The van der Waals surface area contributed by atoms with E-state index in [2.05, 4.69) is 0 Å². The predicted octanol–water partition coefficient (Wildman–Crippen LogP) is 2.46. The molecule has 0 radical (unpaired) electrons. The van der Waals surface area contributed by atoms with Crippen LogP contribution < -0.4 is 0 Å². The second-order valence-corrected chi connectivity index (χ2v) is 4.41. The second-order valence-electron chi connectivity index (χ2n) is 4.41. The minimum atomic E-state index is 0.108. The number of carbonyl (C=O) groups is 1. The van der Waals surface area contributed by atoms with Gasteiger partial charge in [-0.05, 0) is 31.2 Å². The van der Waals surface area contributed by atoms with Crippen molar-refractivity contribution < 1.29 is 10.0 Å². The van der Waals surface area contributed by atoms with E-state index in [1.807, 2.05) is 24.3 Å². The Kier molecular flexibility index (Phi) is 3.36. The third-order valence-corrected chi connectivity index (χ3v) is 3.26. The van der Waals surface area contributed by atoms with Crippen LogP contribution >= 0.6 is 0 Å². The molecule has 1 aromatic carbocycles. The zero-order valence-corrected chi connectivity index (χ0v) is 9.52. The highest BCUT2D eigenvalue weighted by Gasteiger charge is 2.19. The van der Waals surface area contributed by atoms with Crippen LogP contribution in [0.2, 0.25) is 0 Å². The van der Waals surface area contributed by atoms with Crippen LogP contribution in [-0.4, -0.2) is 29.1 Å². The number of hydrogen-bond acceptors (Lipinski definition) is 3. The van der Waals surface area contributed by atoms with E-state index in [9.17, 15) is 10.0 Å². The van der Waals surface area contributed by atoms with Crippen LogP contribution in [0.1, 0.15) is 41.6 Å². The highest BCUT2D eigenvalue weighted by molar-refractivity contribution is 5.94. The summed E-state index contributed by atoms with van der Waals surface area (Å²) in [5.74, 6) is 0.626. The smallest absolute Gasteiger partial charge is 0.159 e. The Morgan fingerprint density at radius 3 is 2.31 bits per heavy atom. The van der Waals surface area contributed by atoms with Crippen LogP contribution in [0.5, 0.6) is 0 Å². The molecular formula is C13H17NO2. The molecule has 0 amide bonds. The van der Waals surface area contributed by atoms with Crippen molar-refractivity contribution in [1.82, 2.24) is 5.06 Å². The SMILES string of the molecule is CC(=O)c1ccc(C2CCN(O)CC2)cc1. The number of piperidine rings is 1. The van der Waals surface area contributed by atoms with Crippen molar-refractivity contribution in [1.29, 1.82) is 0 Å². The van der Waals surface area contributed by atoms with Gasteiger partial charge in [0.15, 0.2) is 5.78 Å². The molecule has 0 aromatic heterocycles. The average molecular weight is 219 g/mol. The van der Waals surface area contributed by atoms with E-state index in [1.54, 1.807) is 6.92 Å². The lowest BCUT2D eigenvalue weighted by Gasteiger charge is -2.27. The number of rotatable bonds is 2. The largest absolute Gasteiger partial charge is 0.314 e. The molecule has 16 heavy (non-hydrogen) atoms. The van der Waals surface area contributed by atoms with Gasteiger partial charge in [0, 0.05) is 18.7 Å². The molecule has 1 aliphatic rings. The highest BCUT2D eigenvalue weighted by atomic mass is 16.5. The van der Waals surface area contributed by atoms with Gasteiger partial charge in [0.25, 0.3) is 0 Å². The average Bonchev–Trinajstić information content (AvgIpc) is 2.30. The molecule has 1 N–H and O–H groups in total. The number of Topliss-reactive ketones (excluding diaryl/α,β-unsaturated/α-hetero) is 1. The van der Waals surface area contributed by atoms with Crippen molar-refractivity contribution in [2.75, 3.05) is 13.1 Å². The third-order valence-electron chi connectivity index (χ3n) is 3.26. The summed E-state index contributed by atoms with van der Waals surface area (Å²) in [6.45, 7) is 3.05. The summed E-state index contributed by atoms with van der Waals surface area (Å²) in [5.41, 5.74) is 2.04. The Bertz CT molecular complexity index is 364. The monoisotopic (exact) mass is 219 g/mol. The Morgan fingerprint density at radius 1 is 1.25 bits per heavy atom. The second kappa shape index (κ2) is 4.76. The molecule has 1 aromatic rings. The molecule has 3 nitrogen and oxygen atoms in total. The molecule has 3 heteroatoms. The standard InChI is InChI=1S/C13H17NO2/c1-10(15)11-2-4-12(5-3-11)13-6-8-14(16)9-7-13/h2-5,13,16H,6-9H2,1H3. The summed E-state index contributed by atoms with van der Waals surface area (Å²) >= 11 is 0. The lowest BCUT2D eigenvalue weighted by atomic mass is 9.89. The molecule has 0 aliphatic carbocycles. The zero-order chi connectivity index (χ0) is 11.5. The number of hydroxylamine groups is 2. The maximum Gasteiger partial charge on any atom is 0.159 e. The van der Waals surface area contributed by atoms with Crippen LogP contribution in [-0.2, 0) is 0 Å². The first-order valence-electron chi connectivity index (χ1n) is 5.71. The van der Waals surface area contributed by atoms with Gasteiger partial charge in [0.1, 0.15) is 0 Å². The van der Waals surface area contributed by atoms with Crippen LogP contribution in [0.25, 0.3) is 0 Å².